The summed E-state index contributed by atoms with van der Waals surface area (Å²) in [5.41, 5.74) is 4.10. The summed E-state index contributed by atoms with van der Waals surface area (Å²) in [5.74, 6) is 1.42. The predicted molar refractivity (Wildman–Crippen MR) is 129 cm³/mol. The summed E-state index contributed by atoms with van der Waals surface area (Å²) in [6.45, 7) is 1.67. The maximum atomic E-state index is 8.98. The molecule has 3 aromatic heterocycles. The van der Waals surface area contributed by atoms with E-state index in [1.807, 2.05) is 42.7 Å². The van der Waals surface area contributed by atoms with Crippen molar-refractivity contribution in [1.82, 2.24) is 19.9 Å². The molecular weight excluding hydrogens is 438 g/mol. The second-order valence-corrected chi connectivity index (χ2v) is 8.34. The van der Waals surface area contributed by atoms with Gasteiger partial charge < -0.3 is 19.9 Å². The molecule has 0 saturated carbocycles. The van der Waals surface area contributed by atoms with Crippen molar-refractivity contribution in [3.8, 4) is 22.9 Å². The molecule has 2 N–H and O–H groups in total. The van der Waals surface area contributed by atoms with Gasteiger partial charge in [0.1, 0.15) is 23.3 Å². The van der Waals surface area contributed by atoms with Crippen LogP contribution in [0.15, 0.2) is 49.1 Å². The number of anilines is 2. The topological polar surface area (TPSA) is 103 Å². The Morgan fingerprint density at radius 2 is 2.12 bits per heavy atom. The SMILES string of the molecule is COc1ccc(-c2cnc3[nH]ccc3c2NC2CCCN(c3cnc(C#N)cn3)C2)cc1Cl. The number of aromatic amines is 1. The molecule has 5 rings (SSSR count). The zero-order valence-corrected chi connectivity index (χ0v) is 18.8. The van der Waals surface area contributed by atoms with Crippen LogP contribution in [0.3, 0.4) is 0 Å². The van der Waals surface area contributed by atoms with Gasteiger partial charge in [0.25, 0.3) is 0 Å². The Bertz CT molecular complexity index is 1330. The van der Waals surface area contributed by atoms with E-state index >= 15 is 0 Å². The molecule has 8 nitrogen and oxygen atoms in total. The summed E-state index contributed by atoms with van der Waals surface area (Å²) in [6, 6.07) is 10.0. The smallest absolute Gasteiger partial charge is 0.158 e. The first-order valence-electron chi connectivity index (χ1n) is 10.7. The Morgan fingerprint density at radius 3 is 2.88 bits per heavy atom. The van der Waals surface area contributed by atoms with E-state index in [4.69, 9.17) is 21.6 Å². The summed E-state index contributed by atoms with van der Waals surface area (Å²) >= 11 is 6.42. The molecule has 1 aliphatic heterocycles. The number of halogens is 1. The normalized spacial score (nSPS) is 15.9. The number of pyridine rings is 1. The second kappa shape index (κ2) is 8.96. The van der Waals surface area contributed by atoms with E-state index in [9.17, 15) is 0 Å². The highest BCUT2D eigenvalue weighted by atomic mass is 35.5. The Balaban J connectivity index is 1.46. The molecule has 1 fully saturated rings. The van der Waals surface area contributed by atoms with Crippen LogP contribution in [-0.4, -0.2) is 46.2 Å². The van der Waals surface area contributed by atoms with E-state index in [1.165, 1.54) is 6.20 Å². The van der Waals surface area contributed by atoms with Gasteiger partial charge in [0, 0.05) is 42.5 Å². The number of rotatable bonds is 5. The molecule has 0 aliphatic carbocycles. The average molecular weight is 460 g/mol. The maximum Gasteiger partial charge on any atom is 0.158 e. The van der Waals surface area contributed by atoms with Gasteiger partial charge in [-0.05, 0) is 36.6 Å². The number of H-pyrrole nitrogens is 1. The summed E-state index contributed by atoms with van der Waals surface area (Å²) in [5, 5.41) is 14.3. The highest BCUT2D eigenvalue weighted by Crippen LogP contribution is 2.37. The van der Waals surface area contributed by atoms with Crippen LogP contribution < -0.4 is 15.0 Å². The van der Waals surface area contributed by atoms with Crippen LogP contribution in [0.1, 0.15) is 18.5 Å². The minimum atomic E-state index is 0.198. The predicted octanol–water partition coefficient (Wildman–Crippen LogP) is 4.63. The number of nitriles is 1. The lowest BCUT2D eigenvalue weighted by atomic mass is 10.0. The molecule has 4 aromatic rings. The molecule has 1 saturated heterocycles. The van der Waals surface area contributed by atoms with Crippen LogP contribution >= 0.6 is 11.6 Å². The van der Waals surface area contributed by atoms with E-state index in [0.717, 1.165) is 59.6 Å². The molecule has 33 heavy (non-hydrogen) atoms. The average Bonchev–Trinajstić information content (AvgIpc) is 3.34. The van der Waals surface area contributed by atoms with Crippen LogP contribution in [0, 0.1) is 11.3 Å². The van der Waals surface area contributed by atoms with E-state index in [0.29, 0.717) is 16.5 Å². The van der Waals surface area contributed by atoms with Crippen LogP contribution in [0.25, 0.3) is 22.2 Å². The van der Waals surface area contributed by atoms with Crippen LogP contribution in [0.5, 0.6) is 5.75 Å². The van der Waals surface area contributed by atoms with Gasteiger partial charge in [-0.2, -0.15) is 5.26 Å². The Hall–Kier alpha value is -3.83. The van der Waals surface area contributed by atoms with Gasteiger partial charge in [-0.1, -0.05) is 17.7 Å². The monoisotopic (exact) mass is 459 g/mol. The second-order valence-electron chi connectivity index (χ2n) is 7.94. The van der Waals surface area contributed by atoms with Crippen molar-refractivity contribution in [2.75, 3.05) is 30.4 Å². The number of benzene rings is 1. The van der Waals surface area contributed by atoms with Crippen LogP contribution in [0.2, 0.25) is 5.02 Å². The van der Waals surface area contributed by atoms with Crippen molar-refractivity contribution in [3.63, 3.8) is 0 Å². The summed E-state index contributed by atoms with van der Waals surface area (Å²) in [7, 11) is 1.61. The largest absolute Gasteiger partial charge is 0.495 e. The molecule has 1 atom stereocenters. The van der Waals surface area contributed by atoms with Crippen molar-refractivity contribution in [2.45, 2.75) is 18.9 Å². The maximum absolute atomic E-state index is 8.98. The highest BCUT2D eigenvalue weighted by Gasteiger charge is 2.23. The van der Waals surface area contributed by atoms with Gasteiger partial charge in [0.15, 0.2) is 5.69 Å². The molecule has 9 heteroatoms. The number of ether oxygens (including phenoxy) is 1. The van der Waals surface area contributed by atoms with E-state index in [2.05, 4.69) is 30.2 Å². The molecule has 0 amide bonds. The number of fused-ring (bicyclic) bond motifs is 1. The third kappa shape index (κ3) is 4.15. The Morgan fingerprint density at radius 1 is 1.21 bits per heavy atom. The van der Waals surface area contributed by atoms with E-state index in [1.54, 1.807) is 13.3 Å². The van der Waals surface area contributed by atoms with E-state index < -0.39 is 0 Å². The first kappa shape index (κ1) is 21.0. The molecule has 1 unspecified atom stereocenters. The van der Waals surface area contributed by atoms with E-state index in [-0.39, 0.29) is 6.04 Å². The lowest BCUT2D eigenvalue weighted by molar-refractivity contribution is 0.415. The fraction of sp³-hybridized carbons (Fsp3) is 0.250. The zero-order valence-electron chi connectivity index (χ0n) is 18.0. The van der Waals surface area contributed by atoms with Gasteiger partial charge in [0.05, 0.1) is 30.2 Å². The molecule has 0 spiro atoms. The molecule has 4 heterocycles. The number of piperidine rings is 1. The lowest BCUT2D eigenvalue weighted by Gasteiger charge is -2.34. The summed E-state index contributed by atoms with van der Waals surface area (Å²) < 4.78 is 5.31. The van der Waals surface area contributed by atoms with Crippen LogP contribution in [-0.2, 0) is 0 Å². The standard InChI is InChI=1S/C24H22ClN7O/c1-33-21-5-4-15(9-20(21)25)19-12-30-24-18(6-7-27-24)23(19)31-16-3-2-8-32(14-16)22-13-28-17(10-26)11-29-22/h4-7,9,11-13,16H,2-3,8,14H2,1H3,(H2,27,30,31). The first-order chi connectivity index (χ1) is 16.2. The van der Waals surface area contributed by atoms with Crippen LogP contribution in [0.4, 0.5) is 11.5 Å². The number of hydrogen-bond donors (Lipinski definition) is 2. The molecule has 1 aromatic carbocycles. The number of hydrogen-bond acceptors (Lipinski definition) is 7. The Labute approximate surface area is 196 Å². The minimum absolute atomic E-state index is 0.198. The van der Waals surface area contributed by atoms with Gasteiger partial charge in [-0.3, -0.25) is 0 Å². The number of nitrogens with one attached hydrogen (secondary N) is 2. The van der Waals surface area contributed by atoms with Crippen molar-refractivity contribution < 1.29 is 4.74 Å². The summed E-state index contributed by atoms with van der Waals surface area (Å²) in [4.78, 5) is 18.6. The third-order valence-electron chi connectivity index (χ3n) is 5.90. The number of nitrogens with zero attached hydrogens (tertiary/aromatic N) is 5. The lowest BCUT2D eigenvalue weighted by Crippen LogP contribution is -2.42. The van der Waals surface area contributed by atoms with Gasteiger partial charge in [-0.15, -0.1) is 0 Å². The minimum Gasteiger partial charge on any atom is -0.495 e. The fourth-order valence-corrected chi connectivity index (χ4v) is 4.52. The zero-order chi connectivity index (χ0) is 22.8. The molecule has 166 valence electrons. The number of aromatic nitrogens is 4. The van der Waals surface area contributed by atoms with Gasteiger partial charge >= 0.3 is 0 Å². The van der Waals surface area contributed by atoms with Gasteiger partial charge in [0.2, 0.25) is 0 Å². The molecule has 0 radical (unpaired) electrons. The quantitative estimate of drug-likeness (QED) is 0.448. The number of methoxy groups -OCH3 is 1. The van der Waals surface area contributed by atoms with Crippen molar-refractivity contribution in [3.05, 3.63) is 59.8 Å². The highest BCUT2D eigenvalue weighted by molar-refractivity contribution is 6.32. The fourth-order valence-electron chi connectivity index (χ4n) is 4.27. The van der Waals surface area contributed by atoms with Crippen molar-refractivity contribution >= 4 is 34.1 Å². The molecule has 1 aliphatic rings. The first-order valence-corrected chi connectivity index (χ1v) is 11.1. The molecular formula is C24H22ClN7O. The Kier molecular flexibility index (Phi) is 5.71. The third-order valence-corrected chi connectivity index (χ3v) is 6.19. The van der Waals surface area contributed by atoms with Gasteiger partial charge in [-0.25, -0.2) is 15.0 Å². The summed E-state index contributed by atoms with van der Waals surface area (Å²) in [6.07, 6.45) is 8.99. The van der Waals surface area contributed by atoms with Crippen molar-refractivity contribution in [1.29, 1.82) is 5.26 Å². The molecule has 0 bridgehead atoms. The van der Waals surface area contributed by atoms with Crippen molar-refractivity contribution in [2.24, 2.45) is 0 Å².